The number of fused-ring (bicyclic) bond motifs is 1. The number of hydrogen-bond acceptors (Lipinski definition) is 4. The molecule has 3 rings (SSSR count). The summed E-state index contributed by atoms with van der Waals surface area (Å²) in [6.07, 6.45) is 3.70. The highest BCUT2D eigenvalue weighted by Gasteiger charge is 2.16. The van der Waals surface area contributed by atoms with E-state index < -0.39 is 5.60 Å². The van der Waals surface area contributed by atoms with Gasteiger partial charge in [0.2, 0.25) is 5.91 Å². The van der Waals surface area contributed by atoms with Crippen LogP contribution in [0.3, 0.4) is 0 Å². The zero-order valence-electron chi connectivity index (χ0n) is 19.6. The molecule has 0 fully saturated rings. The number of benzene rings is 3. The predicted octanol–water partition coefficient (Wildman–Crippen LogP) is 5.71. The molecular weight excluding hydrogens is 414 g/mol. The van der Waals surface area contributed by atoms with Crippen LogP contribution in [0.25, 0.3) is 16.8 Å². The van der Waals surface area contributed by atoms with Crippen LogP contribution in [0.4, 0.5) is 0 Å². The highest BCUT2D eigenvalue weighted by molar-refractivity contribution is 5.93. The number of aromatic hydroxyl groups is 1. The van der Waals surface area contributed by atoms with Crippen molar-refractivity contribution >= 4 is 28.7 Å². The molecule has 0 aliphatic heterocycles. The first kappa shape index (κ1) is 24.1. The van der Waals surface area contributed by atoms with Crippen LogP contribution in [-0.4, -0.2) is 22.6 Å². The summed E-state index contributed by atoms with van der Waals surface area (Å²) in [5.74, 6) is -0.463. The highest BCUT2D eigenvalue weighted by Crippen LogP contribution is 2.25. The number of phenolic OH excluding ortho intramolecular Hbond substituents is 1. The Morgan fingerprint density at radius 1 is 1.06 bits per heavy atom. The Balaban J connectivity index is 1.60. The van der Waals surface area contributed by atoms with Crippen molar-refractivity contribution in [1.82, 2.24) is 5.32 Å². The van der Waals surface area contributed by atoms with Gasteiger partial charge in [0.05, 0.1) is 6.04 Å². The lowest BCUT2D eigenvalue weighted by Crippen LogP contribution is -2.24. The van der Waals surface area contributed by atoms with E-state index in [2.05, 4.69) is 5.32 Å². The topological polar surface area (TPSA) is 75.6 Å². The molecule has 0 aromatic heterocycles. The molecular formula is C28H31NO4. The quantitative estimate of drug-likeness (QED) is 0.361. The lowest BCUT2D eigenvalue weighted by molar-refractivity contribution is -0.154. The number of carbonyl (C=O) groups is 2. The number of rotatable bonds is 7. The average molecular weight is 446 g/mol. The summed E-state index contributed by atoms with van der Waals surface area (Å²) in [7, 11) is 0. The van der Waals surface area contributed by atoms with Crippen LogP contribution in [0.5, 0.6) is 5.75 Å². The minimum absolute atomic E-state index is 0.0582. The van der Waals surface area contributed by atoms with Gasteiger partial charge in [-0.1, -0.05) is 54.6 Å². The molecule has 5 heteroatoms. The van der Waals surface area contributed by atoms with Crippen LogP contribution in [-0.2, 0) is 20.7 Å². The molecule has 1 atom stereocenters. The Hall–Kier alpha value is -3.60. The fraction of sp³-hybridized carbons (Fsp3) is 0.286. The van der Waals surface area contributed by atoms with Crippen molar-refractivity contribution in [1.29, 1.82) is 0 Å². The van der Waals surface area contributed by atoms with Gasteiger partial charge in [0, 0.05) is 18.1 Å². The fourth-order valence-electron chi connectivity index (χ4n) is 3.66. The Morgan fingerprint density at radius 2 is 1.79 bits per heavy atom. The first-order chi connectivity index (χ1) is 15.6. The third-order valence-electron chi connectivity index (χ3n) is 5.20. The van der Waals surface area contributed by atoms with E-state index in [1.165, 1.54) is 6.08 Å². The highest BCUT2D eigenvalue weighted by atomic mass is 16.6. The molecule has 3 aromatic carbocycles. The van der Waals surface area contributed by atoms with Crippen LogP contribution in [0.1, 0.15) is 56.8 Å². The van der Waals surface area contributed by atoms with Gasteiger partial charge in [-0.05, 0) is 68.2 Å². The zero-order chi connectivity index (χ0) is 24.0. The van der Waals surface area contributed by atoms with Crippen molar-refractivity contribution in [2.45, 2.75) is 52.2 Å². The number of hydrogen-bond donors (Lipinski definition) is 2. The summed E-state index contributed by atoms with van der Waals surface area (Å²) in [4.78, 5) is 24.4. The average Bonchev–Trinajstić information content (AvgIpc) is 2.75. The van der Waals surface area contributed by atoms with Gasteiger partial charge in [-0.3, -0.25) is 9.59 Å². The maximum absolute atomic E-state index is 12.5. The number of nitrogens with one attached hydrogen (secondary N) is 1. The summed E-state index contributed by atoms with van der Waals surface area (Å²) in [5.41, 5.74) is 1.89. The minimum atomic E-state index is -0.514. The molecule has 5 nitrogen and oxygen atoms in total. The van der Waals surface area contributed by atoms with Crippen molar-refractivity contribution in [3.05, 3.63) is 83.4 Å². The van der Waals surface area contributed by atoms with Gasteiger partial charge >= 0.3 is 5.97 Å². The molecule has 2 N–H and O–H groups in total. The van der Waals surface area contributed by atoms with Crippen LogP contribution in [0.15, 0.2) is 66.7 Å². The Kier molecular flexibility index (Phi) is 7.54. The zero-order valence-corrected chi connectivity index (χ0v) is 19.6. The van der Waals surface area contributed by atoms with Crippen LogP contribution < -0.4 is 5.32 Å². The van der Waals surface area contributed by atoms with Gasteiger partial charge in [-0.15, -0.1) is 0 Å². The van der Waals surface area contributed by atoms with E-state index in [0.717, 1.165) is 21.9 Å². The largest absolute Gasteiger partial charge is 0.507 e. The van der Waals surface area contributed by atoms with Crippen molar-refractivity contribution in [2.24, 2.45) is 0 Å². The number of ether oxygens (including phenoxy) is 1. The Bertz CT molecular complexity index is 1170. The van der Waals surface area contributed by atoms with E-state index >= 15 is 0 Å². The van der Waals surface area contributed by atoms with Crippen LogP contribution >= 0.6 is 0 Å². The lowest BCUT2D eigenvalue weighted by Gasteiger charge is -2.19. The van der Waals surface area contributed by atoms with Gasteiger partial charge in [-0.25, -0.2) is 0 Å². The molecule has 1 amide bonds. The molecule has 0 radical (unpaired) electrons. The smallest absolute Gasteiger partial charge is 0.306 e. The monoisotopic (exact) mass is 445 g/mol. The van der Waals surface area contributed by atoms with Crippen molar-refractivity contribution in [3.63, 3.8) is 0 Å². The molecule has 3 aromatic rings. The number of phenols is 1. The van der Waals surface area contributed by atoms with Gasteiger partial charge in [0.25, 0.3) is 0 Å². The summed E-state index contributed by atoms with van der Waals surface area (Å²) in [6, 6.07) is 19.1. The number of carbonyl (C=O) groups excluding carboxylic acids is 2. The van der Waals surface area contributed by atoms with Crippen LogP contribution in [0, 0.1) is 0 Å². The third-order valence-corrected chi connectivity index (χ3v) is 5.20. The predicted molar refractivity (Wildman–Crippen MR) is 132 cm³/mol. The van der Waals surface area contributed by atoms with Gasteiger partial charge in [0.15, 0.2) is 0 Å². The van der Waals surface area contributed by atoms with Crippen molar-refractivity contribution < 1.29 is 19.4 Å². The maximum Gasteiger partial charge on any atom is 0.306 e. The number of aryl methyl sites for hydroxylation is 1. The summed E-state index contributed by atoms with van der Waals surface area (Å²) >= 11 is 0. The van der Waals surface area contributed by atoms with E-state index in [-0.39, 0.29) is 30.1 Å². The van der Waals surface area contributed by atoms with E-state index in [4.69, 9.17) is 4.74 Å². The molecule has 1 unspecified atom stereocenters. The third kappa shape index (κ3) is 6.94. The fourth-order valence-corrected chi connectivity index (χ4v) is 3.66. The van der Waals surface area contributed by atoms with E-state index in [1.54, 1.807) is 18.2 Å². The normalized spacial score (nSPS) is 12.6. The molecule has 0 aliphatic carbocycles. The number of amides is 1. The van der Waals surface area contributed by atoms with E-state index in [9.17, 15) is 14.7 Å². The first-order valence-electron chi connectivity index (χ1n) is 11.1. The second kappa shape index (κ2) is 10.3. The van der Waals surface area contributed by atoms with E-state index in [0.29, 0.717) is 12.0 Å². The molecule has 0 heterocycles. The SMILES string of the molecule is CC(NC(=O)/C=C\c1ccc(CCC(=O)OC(C)(C)C)cc1O)c1cccc2ccccc12. The number of esters is 1. The van der Waals surface area contributed by atoms with Crippen molar-refractivity contribution in [2.75, 3.05) is 0 Å². The van der Waals surface area contributed by atoms with Gasteiger partial charge in [-0.2, -0.15) is 0 Å². The second-order valence-electron chi connectivity index (χ2n) is 9.11. The first-order valence-corrected chi connectivity index (χ1v) is 11.1. The minimum Gasteiger partial charge on any atom is -0.507 e. The molecule has 0 saturated carbocycles. The summed E-state index contributed by atoms with van der Waals surface area (Å²) < 4.78 is 5.31. The second-order valence-corrected chi connectivity index (χ2v) is 9.11. The van der Waals surface area contributed by atoms with Crippen molar-refractivity contribution in [3.8, 4) is 5.75 Å². The van der Waals surface area contributed by atoms with Gasteiger partial charge < -0.3 is 15.2 Å². The Morgan fingerprint density at radius 3 is 2.52 bits per heavy atom. The van der Waals surface area contributed by atoms with Gasteiger partial charge in [0.1, 0.15) is 11.4 Å². The molecule has 33 heavy (non-hydrogen) atoms. The Labute approximate surface area is 195 Å². The molecule has 172 valence electrons. The molecule has 0 bridgehead atoms. The molecule has 0 aliphatic rings. The van der Waals surface area contributed by atoms with E-state index in [1.807, 2.05) is 76.2 Å². The standard InChI is InChI=1S/C28H31NO4/c1-19(23-11-7-9-21-8-5-6-10-24(21)23)29-26(31)16-15-22-14-12-20(18-25(22)30)13-17-27(32)33-28(2,3)4/h5-12,14-16,18-19,30H,13,17H2,1-4H3,(H,29,31)/b16-15-. The summed E-state index contributed by atoms with van der Waals surface area (Å²) in [5, 5.41) is 15.6. The maximum atomic E-state index is 12.5. The summed E-state index contributed by atoms with van der Waals surface area (Å²) in [6.45, 7) is 7.44. The van der Waals surface area contributed by atoms with Crippen LogP contribution in [0.2, 0.25) is 0 Å². The lowest BCUT2D eigenvalue weighted by atomic mass is 9.99. The molecule has 0 spiro atoms. The molecule has 0 saturated heterocycles.